The molecule has 33 heavy (non-hydrogen) atoms. The Hall–Kier alpha value is -2.46. The molecule has 5 heterocycles. The summed E-state index contributed by atoms with van der Waals surface area (Å²) in [6.07, 6.45) is 2.66. The van der Waals surface area contributed by atoms with Crippen molar-refractivity contribution in [1.29, 1.82) is 0 Å². The van der Waals surface area contributed by atoms with Crippen LogP contribution in [-0.4, -0.2) is 50.6 Å². The van der Waals surface area contributed by atoms with E-state index >= 15 is 0 Å². The number of anilines is 1. The van der Waals surface area contributed by atoms with Gasteiger partial charge in [-0.3, -0.25) is 0 Å². The van der Waals surface area contributed by atoms with Gasteiger partial charge < -0.3 is 20.9 Å². The monoisotopic (exact) mass is 480 g/mol. The van der Waals surface area contributed by atoms with Crippen LogP contribution < -0.4 is 16.0 Å². The lowest BCUT2D eigenvalue weighted by Crippen LogP contribution is -2.27. The highest BCUT2D eigenvalue weighted by Gasteiger charge is 2.26. The molecule has 8 nitrogen and oxygen atoms in total. The lowest BCUT2D eigenvalue weighted by atomic mass is 10.1. The second-order valence-electron chi connectivity index (χ2n) is 8.62. The third kappa shape index (κ3) is 3.82. The number of benzene rings is 1. The van der Waals surface area contributed by atoms with Crippen LogP contribution in [0.25, 0.3) is 22.1 Å². The first-order valence-corrected chi connectivity index (χ1v) is 12.5. The van der Waals surface area contributed by atoms with Crippen LogP contribution in [0.1, 0.15) is 30.4 Å². The summed E-state index contributed by atoms with van der Waals surface area (Å²) in [6, 6.07) is 6.31. The Morgan fingerprint density at radius 3 is 2.88 bits per heavy atom. The van der Waals surface area contributed by atoms with Gasteiger partial charge in [0.25, 0.3) is 0 Å². The number of nitrogens with zero attached hydrogens (tertiary/aromatic N) is 5. The molecule has 0 bridgehead atoms. The Bertz CT molecular complexity index is 1370. The molecular weight excluding hydrogens is 456 g/mol. The van der Waals surface area contributed by atoms with E-state index in [0.717, 1.165) is 95.3 Å². The van der Waals surface area contributed by atoms with E-state index in [1.807, 2.05) is 6.07 Å². The molecule has 1 saturated heterocycles. The molecule has 0 amide bonds. The maximum absolute atomic E-state index is 6.72. The van der Waals surface area contributed by atoms with Gasteiger partial charge >= 0.3 is 0 Å². The summed E-state index contributed by atoms with van der Waals surface area (Å²) in [6.45, 7) is 5.44. The summed E-state index contributed by atoms with van der Waals surface area (Å²) >= 11 is 8.25. The van der Waals surface area contributed by atoms with E-state index < -0.39 is 0 Å². The van der Waals surface area contributed by atoms with Crippen molar-refractivity contribution in [1.82, 2.24) is 30.2 Å². The maximum atomic E-state index is 6.72. The first-order chi connectivity index (χ1) is 16.1. The number of halogens is 1. The van der Waals surface area contributed by atoms with Crippen LogP contribution in [0.2, 0.25) is 5.02 Å². The molecule has 0 radical (unpaired) electrons. The Balaban J connectivity index is 1.40. The first kappa shape index (κ1) is 21.1. The zero-order chi connectivity index (χ0) is 22.5. The highest BCUT2D eigenvalue weighted by molar-refractivity contribution is 7.99. The van der Waals surface area contributed by atoms with Crippen LogP contribution in [-0.2, 0) is 19.4 Å². The van der Waals surface area contributed by atoms with E-state index in [1.165, 1.54) is 11.8 Å². The molecule has 0 aliphatic carbocycles. The van der Waals surface area contributed by atoms with E-state index in [2.05, 4.69) is 34.3 Å². The minimum Gasteiger partial charge on any atom is -0.354 e. The van der Waals surface area contributed by atoms with Gasteiger partial charge in [-0.05, 0) is 42.8 Å². The lowest BCUT2D eigenvalue weighted by molar-refractivity contribution is 0.617. The average molecular weight is 481 g/mol. The fourth-order valence-electron chi connectivity index (χ4n) is 4.60. The van der Waals surface area contributed by atoms with E-state index in [1.54, 1.807) is 0 Å². The Morgan fingerprint density at radius 1 is 1.18 bits per heavy atom. The zero-order valence-corrected chi connectivity index (χ0v) is 19.9. The normalized spacial score (nSPS) is 18.4. The summed E-state index contributed by atoms with van der Waals surface area (Å²) < 4.78 is 0. The highest BCUT2D eigenvalue weighted by atomic mass is 35.5. The molecule has 1 aromatic carbocycles. The van der Waals surface area contributed by atoms with Gasteiger partial charge in [0.1, 0.15) is 11.5 Å². The minimum atomic E-state index is 0.148. The van der Waals surface area contributed by atoms with Crippen molar-refractivity contribution in [3.05, 3.63) is 40.3 Å². The van der Waals surface area contributed by atoms with Crippen LogP contribution in [0.5, 0.6) is 0 Å². The van der Waals surface area contributed by atoms with Gasteiger partial charge in [0.2, 0.25) is 0 Å². The summed E-state index contributed by atoms with van der Waals surface area (Å²) in [4.78, 5) is 26.1. The fourth-order valence-corrected chi connectivity index (χ4v) is 5.74. The van der Waals surface area contributed by atoms with Crippen molar-refractivity contribution in [2.75, 3.05) is 24.5 Å². The lowest BCUT2D eigenvalue weighted by Gasteiger charge is -2.18. The van der Waals surface area contributed by atoms with Crippen LogP contribution in [0, 0.1) is 0 Å². The highest BCUT2D eigenvalue weighted by Crippen LogP contribution is 2.38. The number of hydrogen-bond acceptors (Lipinski definition) is 8. The third-order valence-electron chi connectivity index (χ3n) is 6.33. The Labute approximate surface area is 200 Å². The van der Waals surface area contributed by atoms with E-state index in [0.29, 0.717) is 10.2 Å². The molecule has 4 N–H and O–H groups in total. The predicted octanol–water partition coefficient (Wildman–Crippen LogP) is 3.45. The molecule has 10 heteroatoms. The van der Waals surface area contributed by atoms with Crippen molar-refractivity contribution < 1.29 is 0 Å². The van der Waals surface area contributed by atoms with Crippen LogP contribution >= 0.6 is 23.4 Å². The summed E-state index contributed by atoms with van der Waals surface area (Å²) in [7, 11) is 0. The van der Waals surface area contributed by atoms with Crippen LogP contribution in [0.4, 0.5) is 5.82 Å². The zero-order valence-electron chi connectivity index (χ0n) is 18.4. The fraction of sp³-hybridized carbons (Fsp3) is 0.391. The molecule has 170 valence electrons. The van der Waals surface area contributed by atoms with Crippen LogP contribution in [0.15, 0.2) is 28.3 Å². The van der Waals surface area contributed by atoms with E-state index in [4.69, 9.17) is 37.3 Å². The number of nitrogens with one attached hydrogen (secondary N) is 2. The van der Waals surface area contributed by atoms with Crippen molar-refractivity contribution in [2.24, 2.45) is 5.73 Å². The van der Waals surface area contributed by atoms with Crippen molar-refractivity contribution in [3.63, 3.8) is 0 Å². The van der Waals surface area contributed by atoms with E-state index in [9.17, 15) is 0 Å². The summed E-state index contributed by atoms with van der Waals surface area (Å²) in [5.41, 5.74) is 11.9. The molecule has 1 atom stereocenters. The topological polar surface area (TPSA) is 109 Å². The number of aryl methyl sites for hydroxylation is 1. The van der Waals surface area contributed by atoms with Gasteiger partial charge in [0.05, 0.1) is 32.8 Å². The maximum Gasteiger partial charge on any atom is 0.196 e. The van der Waals surface area contributed by atoms with Gasteiger partial charge in [-0.1, -0.05) is 18.5 Å². The number of aromatic amines is 1. The molecule has 0 unspecified atom stereocenters. The standard InChI is InChI=1S/C23H25ClN8S/c1-2-14-20(24)19-21(29-14)30-23(31-22(19)32-8-6-12(25)11-32)33-13-3-4-15-17(9-13)27-16-5-7-26-10-18(16)28-15/h3-4,9,12,26H,2,5-8,10-11,25H2,1H3,(H,29,30,31)/t12-/m1/s1. The Morgan fingerprint density at radius 2 is 2.06 bits per heavy atom. The van der Waals surface area contributed by atoms with E-state index in [-0.39, 0.29) is 6.04 Å². The van der Waals surface area contributed by atoms with Crippen molar-refractivity contribution >= 4 is 51.2 Å². The van der Waals surface area contributed by atoms with Gasteiger partial charge in [-0.15, -0.1) is 0 Å². The number of rotatable bonds is 4. The molecule has 0 spiro atoms. The number of hydrogen-bond donors (Lipinski definition) is 3. The summed E-state index contributed by atoms with van der Waals surface area (Å²) in [5, 5.41) is 5.63. The average Bonchev–Trinajstić information content (AvgIpc) is 3.40. The predicted molar refractivity (Wildman–Crippen MR) is 132 cm³/mol. The molecule has 1 fully saturated rings. The van der Waals surface area contributed by atoms with Crippen LogP contribution in [0.3, 0.4) is 0 Å². The summed E-state index contributed by atoms with van der Waals surface area (Å²) in [5.74, 6) is 0.860. The van der Waals surface area contributed by atoms with Gasteiger partial charge in [0, 0.05) is 49.2 Å². The van der Waals surface area contributed by atoms with Crippen molar-refractivity contribution in [2.45, 2.75) is 48.8 Å². The van der Waals surface area contributed by atoms with Crippen molar-refractivity contribution in [3.8, 4) is 0 Å². The molecule has 6 rings (SSSR count). The molecule has 2 aliphatic heterocycles. The molecule has 4 aromatic rings. The quantitative estimate of drug-likeness (QED) is 0.381. The molecular formula is C23H25ClN8S. The molecule has 3 aromatic heterocycles. The first-order valence-electron chi connectivity index (χ1n) is 11.4. The van der Waals surface area contributed by atoms with Gasteiger partial charge in [-0.25, -0.2) is 19.9 Å². The molecule has 2 aliphatic rings. The number of aromatic nitrogens is 5. The van der Waals surface area contributed by atoms with Gasteiger partial charge in [0.15, 0.2) is 5.16 Å². The largest absolute Gasteiger partial charge is 0.354 e. The number of nitrogens with two attached hydrogens (primary N) is 1. The number of fused-ring (bicyclic) bond motifs is 3. The second kappa shape index (κ2) is 8.39. The third-order valence-corrected chi connectivity index (χ3v) is 7.60. The Kier molecular flexibility index (Phi) is 5.37. The second-order valence-corrected chi connectivity index (χ2v) is 10.0. The number of H-pyrrole nitrogens is 1. The minimum absolute atomic E-state index is 0.148. The molecule has 0 saturated carbocycles. The smallest absolute Gasteiger partial charge is 0.196 e. The van der Waals surface area contributed by atoms with Gasteiger partial charge in [-0.2, -0.15) is 0 Å². The SMILES string of the molecule is CCc1[nH]c2nc(Sc3ccc4nc5c(nc4c3)CCNC5)nc(N3CC[C@@H](N)C3)c2c1Cl.